The quantitative estimate of drug-likeness (QED) is 0.350. The van der Waals surface area contributed by atoms with Gasteiger partial charge in [0.2, 0.25) is 0 Å². The number of benzene rings is 3. The third-order valence-electron chi connectivity index (χ3n) is 7.07. The van der Waals surface area contributed by atoms with Gasteiger partial charge < -0.3 is 15.1 Å². The summed E-state index contributed by atoms with van der Waals surface area (Å²) in [5.41, 5.74) is 1.76. The van der Waals surface area contributed by atoms with Crippen LogP contribution in [0.1, 0.15) is 61.0 Å². The van der Waals surface area contributed by atoms with Crippen molar-refractivity contribution in [1.82, 2.24) is 4.90 Å². The number of Topliss-reactive ketones (excluding diaryl/α,β-unsaturated/α-hetero) is 1. The zero-order valence-corrected chi connectivity index (χ0v) is 21.9. The van der Waals surface area contributed by atoms with E-state index in [2.05, 4.69) is 4.90 Å². The maximum Gasteiger partial charge on any atom is 0.305 e. The number of ketones is 1. The van der Waals surface area contributed by atoms with Gasteiger partial charge in [0.15, 0.2) is 5.78 Å². The van der Waals surface area contributed by atoms with E-state index in [4.69, 9.17) is 5.11 Å². The van der Waals surface area contributed by atoms with Gasteiger partial charge in [-0.25, -0.2) is 0 Å². The van der Waals surface area contributed by atoms with Gasteiger partial charge in [-0.3, -0.25) is 9.59 Å². The molecule has 5 nitrogen and oxygen atoms in total. The first-order valence-corrected chi connectivity index (χ1v) is 13.2. The van der Waals surface area contributed by atoms with Crippen LogP contribution < -0.4 is 0 Å². The fourth-order valence-corrected chi connectivity index (χ4v) is 4.83. The standard InChI is InChI=1S/C28H31NO2.C4H8O2/c30-27(23-11-4-1-5-12-23)17-10-20-29-21-18-26(19-22-29)28(31,24-13-6-2-7-14-24)25-15-8-3-9-16-25;1-3(2)4(5)6/h1-9,11-16,26,31H,10,17-22H2;3H,1-2H3,(H,5,6). The van der Waals surface area contributed by atoms with Gasteiger partial charge in [0.25, 0.3) is 0 Å². The van der Waals surface area contributed by atoms with Crippen LogP contribution in [0.4, 0.5) is 0 Å². The fraction of sp³-hybridized carbons (Fsp3) is 0.375. The number of carboxylic acid groups (broad SMARTS) is 1. The van der Waals surface area contributed by atoms with E-state index in [-0.39, 0.29) is 17.6 Å². The second-order valence-corrected chi connectivity index (χ2v) is 10.0. The first-order chi connectivity index (χ1) is 17.8. The minimum Gasteiger partial charge on any atom is -0.481 e. The summed E-state index contributed by atoms with van der Waals surface area (Å²) in [5.74, 6) is -0.586. The van der Waals surface area contributed by atoms with Gasteiger partial charge in [0.1, 0.15) is 5.60 Å². The van der Waals surface area contributed by atoms with Crippen LogP contribution in [0.25, 0.3) is 0 Å². The Morgan fingerprint density at radius 3 is 1.70 bits per heavy atom. The molecular formula is C32H39NO4. The Labute approximate surface area is 220 Å². The second kappa shape index (κ2) is 13.9. The number of aliphatic hydroxyl groups is 1. The van der Waals surface area contributed by atoms with E-state index in [9.17, 15) is 14.7 Å². The zero-order chi connectivity index (χ0) is 26.7. The van der Waals surface area contributed by atoms with Crippen LogP contribution in [0.2, 0.25) is 0 Å². The molecule has 0 aliphatic carbocycles. The highest BCUT2D eigenvalue weighted by atomic mass is 16.4. The van der Waals surface area contributed by atoms with E-state index in [1.807, 2.05) is 91.0 Å². The Balaban J connectivity index is 0.000000568. The van der Waals surface area contributed by atoms with Crippen LogP contribution in [-0.2, 0) is 10.4 Å². The summed E-state index contributed by atoms with van der Waals surface area (Å²) in [5, 5.41) is 20.0. The Hall–Kier alpha value is -3.28. The lowest BCUT2D eigenvalue weighted by Gasteiger charge is -2.42. The van der Waals surface area contributed by atoms with Crippen molar-refractivity contribution in [3.05, 3.63) is 108 Å². The number of hydrogen-bond donors (Lipinski definition) is 2. The molecule has 5 heteroatoms. The summed E-state index contributed by atoms with van der Waals surface area (Å²) in [7, 11) is 0. The molecule has 2 N–H and O–H groups in total. The fourth-order valence-electron chi connectivity index (χ4n) is 4.83. The van der Waals surface area contributed by atoms with Gasteiger partial charge in [-0.1, -0.05) is 105 Å². The maximum absolute atomic E-state index is 12.3. The number of hydrogen-bond acceptors (Lipinski definition) is 4. The van der Waals surface area contributed by atoms with E-state index in [0.29, 0.717) is 6.42 Å². The number of rotatable bonds is 9. The number of carboxylic acids is 1. The lowest BCUT2D eigenvalue weighted by atomic mass is 9.72. The number of aliphatic carboxylic acids is 1. The molecule has 1 aliphatic heterocycles. The molecule has 4 rings (SSSR count). The van der Waals surface area contributed by atoms with Gasteiger partial charge in [0.05, 0.1) is 5.92 Å². The molecule has 0 saturated carbocycles. The lowest BCUT2D eigenvalue weighted by molar-refractivity contribution is -0.140. The van der Waals surface area contributed by atoms with Crippen molar-refractivity contribution in [2.24, 2.45) is 11.8 Å². The summed E-state index contributed by atoms with van der Waals surface area (Å²) in [4.78, 5) is 24.5. The average Bonchev–Trinajstić information content (AvgIpc) is 2.94. The van der Waals surface area contributed by atoms with Crippen molar-refractivity contribution in [3.8, 4) is 0 Å². The third kappa shape index (κ3) is 7.85. The predicted octanol–water partition coefficient (Wildman–Crippen LogP) is 6.02. The van der Waals surface area contributed by atoms with Gasteiger partial charge in [-0.05, 0) is 55.9 Å². The first kappa shape index (κ1) is 28.3. The van der Waals surface area contributed by atoms with E-state index >= 15 is 0 Å². The molecule has 1 saturated heterocycles. The highest BCUT2D eigenvalue weighted by Crippen LogP contribution is 2.41. The monoisotopic (exact) mass is 501 g/mol. The molecule has 3 aromatic carbocycles. The number of piperidine rings is 1. The molecule has 0 aromatic heterocycles. The SMILES string of the molecule is CC(C)C(=O)O.O=C(CCCN1CCC(C(O)(c2ccccc2)c2ccccc2)CC1)c1ccccc1. The van der Waals surface area contributed by atoms with E-state index in [0.717, 1.165) is 55.6 Å². The summed E-state index contributed by atoms with van der Waals surface area (Å²) >= 11 is 0. The van der Waals surface area contributed by atoms with Gasteiger partial charge in [-0.15, -0.1) is 0 Å². The second-order valence-electron chi connectivity index (χ2n) is 10.0. The minimum atomic E-state index is -0.974. The molecule has 1 heterocycles. The van der Waals surface area contributed by atoms with Gasteiger partial charge >= 0.3 is 5.97 Å². The van der Waals surface area contributed by atoms with Crippen molar-refractivity contribution in [1.29, 1.82) is 0 Å². The number of nitrogens with zero attached hydrogens (tertiary/aromatic N) is 1. The molecule has 196 valence electrons. The molecule has 0 spiro atoms. The Kier molecular flexibility index (Phi) is 10.6. The van der Waals surface area contributed by atoms with E-state index in [1.165, 1.54) is 0 Å². The molecule has 0 amide bonds. The highest BCUT2D eigenvalue weighted by Gasteiger charge is 2.41. The molecular weight excluding hydrogens is 462 g/mol. The molecule has 1 fully saturated rings. The number of carbonyl (C=O) groups excluding carboxylic acids is 1. The number of carbonyl (C=O) groups is 2. The Bertz CT molecular complexity index is 1050. The average molecular weight is 502 g/mol. The smallest absolute Gasteiger partial charge is 0.305 e. The minimum absolute atomic E-state index is 0.166. The molecule has 0 unspecified atom stereocenters. The third-order valence-corrected chi connectivity index (χ3v) is 7.07. The van der Waals surface area contributed by atoms with Crippen molar-refractivity contribution in [2.45, 2.75) is 45.1 Å². The Morgan fingerprint density at radius 2 is 1.27 bits per heavy atom. The lowest BCUT2D eigenvalue weighted by Crippen LogP contribution is -2.44. The van der Waals surface area contributed by atoms with Gasteiger partial charge in [0, 0.05) is 12.0 Å². The van der Waals surface area contributed by atoms with Crippen LogP contribution in [0.3, 0.4) is 0 Å². The maximum atomic E-state index is 12.3. The summed E-state index contributed by atoms with van der Waals surface area (Å²) in [6, 6.07) is 29.7. The number of likely N-dealkylation sites (tertiary alicyclic amines) is 1. The zero-order valence-electron chi connectivity index (χ0n) is 21.9. The molecule has 1 aliphatic rings. The van der Waals surface area contributed by atoms with Gasteiger partial charge in [-0.2, -0.15) is 0 Å². The summed E-state index contributed by atoms with van der Waals surface area (Å²) in [6.07, 6.45) is 3.34. The van der Waals surface area contributed by atoms with Crippen LogP contribution >= 0.6 is 0 Å². The summed E-state index contributed by atoms with van der Waals surface area (Å²) in [6.45, 7) is 6.11. The normalized spacial score (nSPS) is 14.6. The van der Waals surface area contributed by atoms with Crippen molar-refractivity contribution < 1.29 is 19.8 Å². The Morgan fingerprint density at radius 1 is 0.838 bits per heavy atom. The highest BCUT2D eigenvalue weighted by molar-refractivity contribution is 5.95. The molecule has 0 atom stereocenters. The predicted molar refractivity (Wildman–Crippen MR) is 148 cm³/mol. The van der Waals surface area contributed by atoms with Crippen molar-refractivity contribution in [2.75, 3.05) is 19.6 Å². The van der Waals surface area contributed by atoms with E-state index in [1.54, 1.807) is 13.8 Å². The summed E-state index contributed by atoms with van der Waals surface area (Å²) < 4.78 is 0. The molecule has 0 bridgehead atoms. The first-order valence-electron chi connectivity index (χ1n) is 13.2. The van der Waals surface area contributed by atoms with Crippen LogP contribution in [-0.4, -0.2) is 46.5 Å². The largest absolute Gasteiger partial charge is 0.481 e. The molecule has 3 aromatic rings. The molecule has 0 radical (unpaired) electrons. The van der Waals surface area contributed by atoms with Crippen LogP contribution in [0.15, 0.2) is 91.0 Å². The molecule has 37 heavy (non-hydrogen) atoms. The topological polar surface area (TPSA) is 77.8 Å². The van der Waals surface area contributed by atoms with Crippen LogP contribution in [0.5, 0.6) is 0 Å². The van der Waals surface area contributed by atoms with E-state index < -0.39 is 11.6 Å². The van der Waals surface area contributed by atoms with Crippen LogP contribution in [0, 0.1) is 11.8 Å². The van der Waals surface area contributed by atoms with Crippen molar-refractivity contribution >= 4 is 11.8 Å². The van der Waals surface area contributed by atoms with Crippen molar-refractivity contribution in [3.63, 3.8) is 0 Å².